The molecule has 1 N–H and O–H groups in total. The molecule has 1 fully saturated rings. The molecular weight excluding hydrogens is 278 g/mol. The van der Waals surface area contributed by atoms with Gasteiger partial charge in [-0.2, -0.15) is 5.10 Å². The molecule has 0 radical (unpaired) electrons. The van der Waals surface area contributed by atoms with Gasteiger partial charge in [0.25, 0.3) is 0 Å². The van der Waals surface area contributed by atoms with E-state index in [-0.39, 0.29) is 0 Å². The van der Waals surface area contributed by atoms with E-state index in [0.29, 0.717) is 16.7 Å². The summed E-state index contributed by atoms with van der Waals surface area (Å²) in [5.41, 5.74) is 1.53. The number of aromatic nitrogens is 2. The molecule has 0 aliphatic heterocycles. The Hall–Kier alpha value is -0.480. The van der Waals surface area contributed by atoms with Crippen molar-refractivity contribution in [3.63, 3.8) is 0 Å². The minimum atomic E-state index is 0.415. The average molecular weight is 310 g/mol. The summed E-state index contributed by atoms with van der Waals surface area (Å²) in [5.74, 6) is 0.819. The van der Waals surface area contributed by atoms with Gasteiger partial charge in [-0.3, -0.25) is 4.68 Å². The minimum absolute atomic E-state index is 0.415. The quantitative estimate of drug-likeness (QED) is 0.911. The summed E-state index contributed by atoms with van der Waals surface area (Å²) in [6.45, 7) is 12.5. The van der Waals surface area contributed by atoms with Crippen LogP contribution in [0.25, 0.3) is 0 Å². The van der Waals surface area contributed by atoms with Gasteiger partial charge in [0.15, 0.2) is 0 Å². The fourth-order valence-electron chi connectivity index (χ4n) is 3.39. The average Bonchev–Trinajstić information content (AvgIpc) is 2.69. The normalized spacial score (nSPS) is 27.0. The highest BCUT2D eigenvalue weighted by Gasteiger charge is 2.36. The zero-order valence-corrected chi connectivity index (χ0v) is 15.3. The van der Waals surface area contributed by atoms with Crippen LogP contribution in [0.4, 0.5) is 0 Å². The second-order valence-corrected chi connectivity index (χ2v) is 8.70. The highest BCUT2D eigenvalue weighted by atomic mass is 32.2. The van der Waals surface area contributed by atoms with Crippen LogP contribution in [0.5, 0.6) is 0 Å². The van der Waals surface area contributed by atoms with Crippen molar-refractivity contribution in [2.24, 2.45) is 18.4 Å². The lowest BCUT2D eigenvalue weighted by atomic mass is 9.71. The molecular formula is C17H31N3S. The summed E-state index contributed by atoms with van der Waals surface area (Å²) in [6.07, 6.45) is 3.95. The van der Waals surface area contributed by atoms with E-state index in [0.717, 1.165) is 18.2 Å². The van der Waals surface area contributed by atoms with Crippen molar-refractivity contribution in [1.82, 2.24) is 15.1 Å². The van der Waals surface area contributed by atoms with E-state index < -0.39 is 0 Å². The molecule has 21 heavy (non-hydrogen) atoms. The van der Waals surface area contributed by atoms with Gasteiger partial charge in [-0.15, -0.1) is 11.8 Å². The summed E-state index contributed by atoms with van der Waals surface area (Å²) >= 11 is 2.02. The van der Waals surface area contributed by atoms with Crippen molar-refractivity contribution in [3.05, 3.63) is 11.8 Å². The molecule has 1 aliphatic carbocycles. The van der Waals surface area contributed by atoms with Crippen molar-refractivity contribution in [3.8, 4) is 0 Å². The third kappa shape index (κ3) is 4.26. The van der Waals surface area contributed by atoms with Crippen LogP contribution in [0.15, 0.2) is 11.1 Å². The second-order valence-electron chi connectivity index (χ2n) is 7.44. The van der Waals surface area contributed by atoms with Crippen molar-refractivity contribution in [2.45, 2.75) is 70.2 Å². The summed E-state index contributed by atoms with van der Waals surface area (Å²) in [5, 5.41) is 10.1. The summed E-state index contributed by atoms with van der Waals surface area (Å²) in [6, 6.07) is 2.85. The smallest absolute Gasteiger partial charge is 0.0942 e. The molecule has 0 aromatic carbocycles. The highest BCUT2D eigenvalue weighted by molar-refractivity contribution is 7.99. The van der Waals surface area contributed by atoms with Gasteiger partial charge in [0.1, 0.15) is 0 Å². The van der Waals surface area contributed by atoms with Crippen molar-refractivity contribution in [2.75, 3.05) is 6.54 Å². The van der Waals surface area contributed by atoms with Crippen molar-refractivity contribution in [1.29, 1.82) is 0 Å². The largest absolute Gasteiger partial charge is 0.313 e. The molecule has 2 rings (SSSR count). The summed E-state index contributed by atoms with van der Waals surface area (Å²) < 4.78 is 2.03. The van der Waals surface area contributed by atoms with Crippen LogP contribution >= 0.6 is 11.8 Å². The van der Waals surface area contributed by atoms with E-state index >= 15 is 0 Å². The lowest BCUT2D eigenvalue weighted by molar-refractivity contribution is 0.165. The molecule has 0 saturated heterocycles. The topological polar surface area (TPSA) is 29.9 Å². The highest BCUT2D eigenvalue weighted by Crippen LogP contribution is 2.43. The molecule has 120 valence electrons. The van der Waals surface area contributed by atoms with E-state index in [4.69, 9.17) is 0 Å². The molecule has 3 unspecified atom stereocenters. The minimum Gasteiger partial charge on any atom is -0.313 e. The summed E-state index contributed by atoms with van der Waals surface area (Å²) in [7, 11) is 2.06. The zero-order chi connectivity index (χ0) is 15.6. The maximum absolute atomic E-state index is 4.49. The first-order valence-corrected chi connectivity index (χ1v) is 9.10. The van der Waals surface area contributed by atoms with Crippen LogP contribution in [0.2, 0.25) is 0 Å². The molecule has 1 aliphatic rings. The fraction of sp³-hybridized carbons (Fsp3) is 0.824. The Kier molecular flexibility index (Phi) is 5.42. The van der Waals surface area contributed by atoms with Gasteiger partial charge in [0, 0.05) is 18.3 Å². The van der Waals surface area contributed by atoms with Gasteiger partial charge in [-0.25, -0.2) is 0 Å². The monoisotopic (exact) mass is 309 g/mol. The van der Waals surface area contributed by atoms with Gasteiger partial charge < -0.3 is 5.32 Å². The van der Waals surface area contributed by atoms with E-state index in [2.05, 4.69) is 58.1 Å². The SMILES string of the molecule is CCNC1CCC(C(C)(C)C)CC1Sc1cc(C)nn1C. The van der Waals surface area contributed by atoms with Crippen LogP contribution in [0, 0.1) is 18.3 Å². The number of aryl methyl sites for hydroxylation is 2. The van der Waals surface area contributed by atoms with E-state index in [1.54, 1.807) is 0 Å². The third-order valence-corrected chi connectivity index (χ3v) is 6.16. The molecule has 1 heterocycles. The number of nitrogens with zero attached hydrogens (tertiary/aromatic N) is 2. The molecule has 1 aromatic rings. The standard InChI is InChI=1S/C17H31N3S/c1-7-18-14-9-8-13(17(3,4)5)11-15(14)21-16-10-12(2)19-20(16)6/h10,13-15,18H,7-9,11H2,1-6H3. The Labute approximate surface area is 134 Å². The van der Waals surface area contributed by atoms with Gasteiger partial charge in [-0.1, -0.05) is 27.7 Å². The molecule has 4 heteroatoms. The zero-order valence-electron chi connectivity index (χ0n) is 14.4. The van der Waals surface area contributed by atoms with Gasteiger partial charge in [-0.05, 0) is 50.1 Å². The first-order chi connectivity index (χ1) is 9.81. The maximum Gasteiger partial charge on any atom is 0.0942 e. The van der Waals surface area contributed by atoms with Crippen LogP contribution in [-0.4, -0.2) is 27.6 Å². The lowest BCUT2D eigenvalue weighted by Crippen LogP contribution is -2.44. The van der Waals surface area contributed by atoms with Crippen molar-refractivity contribution >= 4 is 11.8 Å². The Balaban J connectivity index is 2.12. The Morgan fingerprint density at radius 2 is 2.10 bits per heavy atom. The third-order valence-electron chi connectivity index (χ3n) is 4.71. The Morgan fingerprint density at radius 1 is 1.38 bits per heavy atom. The Morgan fingerprint density at radius 3 is 2.62 bits per heavy atom. The number of hydrogen-bond acceptors (Lipinski definition) is 3. The van der Waals surface area contributed by atoms with E-state index in [9.17, 15) is 0 Å². The maximum atomic E-state index is 4.49. The number of thioether (sulfide) groups is 1. The van der Waals surface area contributed by atoms with Gasteiger partial charge >= 0.3 is 0 Å². The van der Waals surface area contributed by atoms with E-state index in [1.165, 1.54) is 24.3 Å². The summed E-state index contributed by atoms with van der Waals surface area (Å²) in [4.78, 5) is 0. The number of nitrogens with one attached hydrogen (secondary N) is 1. The van der Waals surface area contributed by atoms with Crippen molar-refractivity contribution < 1.29 is 0 Å². The molecule has 0 spiro atoms. The van der Waals surface area contributed by atoms with Gasteiger partial charge in [0.2, 0.25) is 0 Å². The van der Waals surface area contributed by atoms with E-state index in [1.807, 2.05) is 16.4 Å². The molecule has 1 saturated carbocycles. The fourth-order valence-corrected chi connectivity index (χ4v) is 4.86. The first kappa shape index (κ1) is 16.9. The van der Waals surface area contributed by atoms with Gasteiger partial charge in [0.05, 0.1) is 10.7 Å². The molecule has 1 aromatic heterocycles. The van der Waals surface area contributed by atoms with Crippen LogP contribution in [-0.2, 0) is 7.05 Å². The lowest BCUT2D eigenvalue weighted by Gasteiger charge is -2.41. The van der Waals surface area contributed by atoms with Crippen LogP contribution in [0.1, 0.15) is 52.7 Å². The molecule has 0 bridgehead atoms. The second kappa shape index (κ2) is 6.74. The molecule has 0 amide bonds. The Bertz CT molecular complexity index is 461. The first-order valence-electron chi connectivity index (χ1n) is 8.22. The number of rotatable bonds is 4. The predicted octanol–water partition coefficient (Wildman–Crippen LogP) is 4.01. The molecule has 3 atom stereocenters. The molecule has 3 nitrogen and oxygen atoms in total. The van der Waals surface area contributed by atoms with Crippen LogP contribution in [0.3, 0.4) is 0 Å². The van der Waals surface area contributed by atoms with Crippen LogP contribution < -0.4 is 5.32 Å². The number of hydrogen-bond donors (Lipinski definition) is 1. The predicted molar refractivity (Wildman–Crippen MR) is 91.9 cm³/mol.